The van der Waals surface area contributed by atoms with Crippen molar-refractivity contribution < 1.29 is 4.79 Å². The summed E-state index contributed by atoms with van der Waals surface area (Å²) in [5, 5.41) is 4.16. The van der Waals surface area contributed by atoms with Gasteiger partial charge in [-0.1, -0.05) is 29.8 Å². The van der Waals surface area contributed by atoms with Gasteiger partial charge < -0.3 is 5.73 Å². The van der Waals surface area contributed by atoms with Crippen LogP contribution in [0.25, 0.3) is 0 Å². The molecule has 1 heterocycles. The van der Waals surface area contributed by atoms with Crippen molar-refractivity contribution in [1.29, 1.82) is 0 Å². The zero-order valence-electron chi connectivity index (χ0n) is 11.5. The van der Waals surface area contributed by atoms with Crippen molar-refractivity contribution in [2.24, 2.45) is 5.92 Å². The molecule has 20 heavy (non-hydrogen) atoms. The fourth-order valence-corrected chi connectivity index (χ4v) is 2.29. The monoisotopic (exact) mass is 336 g/mol. The number of carbonyl (C=O) groups is 1. The van der Waals surface area contributed by atoms with Crippen molar-refractivity contribution in [3.63, 3.8) is 0 Å². The van der Waals surface area contributed by atoms with Crippen molar-refractivity contribution in [2.75, 3.05) is 5.73 Å². The van der Waals surface area contributed by atoms with Gasteiger partial charge in [-0.3, -0.25) is 4.79 Å². The largest absolute Gasteiger partial charge is 0.398 e. The third-order valence-electron chi connectivity index (χ3n) is 2.87. The third kappa shape index (κ3) is 3.45. The molecule has 2 aromatic rings. The van der Waals surface area contributed by atoms with Crippen LogP contribution in [0, 0.1) is 5.92 Å². The number of Topliss-reactive ketones (excluding diaryl/α,β-unsaturated/α-hetero) is 1. The van der Waals surface area contributed by atoms with Gasteiger partial charge in [0.25, 0.3) is 0 Å². The van der Waals surface area contributed by atoms with E-state index in [0.717, 1.165) is 11.0 Å². The average molecular weight is 337 g/mol. The van der Waals surface area contributed by atoms with E-state index in [1.807, 2.05) is 6.07 Å². The van der Waals surface area contributed by atoms with Gasteiger partial charge in [-0.05, 0) is 24.1 Å². The molecule has 0 bridgehead atoms. The van der Waals surface area contributed by atoms with Crippen molar-refractivity contribution in [2.45, 2.75) is 26.8 Å². The molecule has 2 rings (SSSR count). The first kappa shape index (κ1) is 14.7. The second-order valence-corrected chi connectivity index (χ2v) is 6.00. The summed E-state index contributed by atoms with van der Waals surface area (Å²) in [6.45, 7) is 4.94. The average Bonchev–Trinajstić information content (AvgIpc) is 2.78. The summed E-state index contributed by atoms with van der Waals surface area (Å²) < 4.78 is 2.61. The lowest BCUT2D eigenvalue weighted by molar-refractivity contribution is 0.0990. The minimum Gasteiger partial charge on any atom is -0.398 e. The lowest BCUT2D eigenvalue weighted by atomic mass is 10.1. The Kier molecular flexibility index (Phi) is 4.54. The van der Waals surface area contributed by atoms with E-state index >= 15 is 0 Å². The molecule has 0 radical (unpaired) electrons. The highest BCUT2D eigenvalue weighted by Gasteiger charge is 2.15. The van der Waals surface area contributed by atoms with Gasteiger partial charge in [0.1, 0.15) is 12.2 Å². The van der Waals surface area contributed by atoms with E-state index in [4.69, 9.17) is 5.73 Å². The minimum absolute atomic E-state index is 0.0539. The number of rotatable bonds is 5. The van der Waals surface area contributed by atoms with Crippen LogP contribution in [0.4, 0.5) is 5.69 Å². The Balaban J connectivity index is 2.20. The molecule has 5 nitrogen and oxygen atoms in total. The fourth-order valence-electron chi connectivity index (χ4n) is 1.93. The number of hydrogen-bond acceptors (Lipinski definition) is 4. The number of nitrogens with two attached hydrogens (primary N) is 1. The fraction of sp³-hybridized carbons (Fsp3) is 0.357. The Bertz CT molecular complexity index is 621. The Morgan fingerprint density at radius 2 is 2.20 bits per heavy atom. The van der Waals surface area contributed by atoms with Crippen LogP contribution in [0.5, 0.6) is 0 Å². The quantitative estimate of drug-likeness (QED) is 0.672. The van der Waals surface area contributed by atoms with Crippen molar-refractivity contribution >= 4 is 27.4 Å². The number of nitrogen functional groups attached to an aromatic ring is 1. The van der Waals surface area contributed by atoms with E-state index in [1.54, 1.807) is 16.8 Å². The zero-order chi connectivity index (χ0) is 14.7. The van der Waals surface area contributed by atoms with Gasteiger partial charge in [-0.25, -0.2) is 9.67 Å². The van der Waals surface area contributed by atoms with E-state index in [0.29, 0.717) is 23.0 Å². The molecule has 6 heteroatoms. The number of aromatic nitrogens is 3. The molecule has 0 saturated heterocycles. The predicted octanol–water partition coefficient (Wildman–Crippen LogP) is 2.70. The molecule has 0 spiro atoms. The summed E-state index contributed by atoms with van der Waals surface area (Å²) in [6, 6.07) is 5.27. The van der Waals surface area contributed by atoms with E-state index in [-0.39, 0.29) is 12.2 Å². The standard InChI is InChI=1S/C14H17BrN4O/c1-9(2)7-19-14(17-8-18-19)6-13(20)11-5-10(15)3-4-12(11)16/h3-5,8-9H,6-7,16H2,1-2H3. The molecule has 0 fully saturated rings. The van der Waals surface area contributed by atoms with Gasteiger partial charge in [0, 0.05) is 22.3 Å². The molecule has 0 atom stereocenters. The van der Waals surface area contributed by atoms with Crippen LogP contribution >= 0.6 is 15.9 Å². The molecule has 1 aromatic carbocycles. The molecule has 1 aromatic heterocycles. The lowest BCUT2D eigenvalue weighted by Crippen LogP contribution is -2.15. The van der Waals surface area contributed by atoms with E-state index in [2.05, 4.69) is 39.9 Å². The van der Waals surface area contributed by atoms with Gasteiger partial charge in [0.2, 0.25) is 0 Å². The molecule has 2 N–H and O–H groups in total. The Morgan fingerprint density at radius 1 is 1.45 bits per heavy atom. The highest BCUT2D eigenvalue weighted by molar-refractivity contribution is 9.10. The molecule has 0 aliphatic carbocycles. The first-order valence-electron chi connectivity index (χ1n) is 6.42. The van der Waals surface area contributed by atoms with Gasteiger partial charge >= 0.3 is 0 Å². The van der Waals surface area contributed by atoms with Crippen LogP contribution in [-0.2, 0) is 13.0 Å². The van der Waals surface area contributed by atoms with Crippen molar-refractivity contribution in [3.05, 3.63) is 40.4 Å². The second-order valence-electron chi connectivity index (χ2n) is 5.08. The summed E-state index contributed by atoms with van der Waals surface area (Å²) in [6.07, 6.45) is 1.68. The third-order valence-corrected chi connectivity index (χ3v) is 3.36. The number of hydrogen-bond donors (Lipinski definition) is 1. The highest BCUT2D eigenvalue weighted by Crippen LogP contribution is 2.20. The number of anilines is 1. The molecular weight excluding hydrogens is 320 g/mol. The Morgan fingerprint density at radius 3 is 2.90 bits per heavy atom. The van der Waals surface area contributed by atoms with Crippen LogP contribution in [0.2, 0.25) is 0 Å². The zero-order valence-corrected chi connectivity index (χ0v) is 13.1. The summed E-state index contributed by atoms with van der Waals surface area (Å²) >= 11 is 3.35. The Hall–Kier alpha value is -1.69. The minimum atomic E-state index is -0.0539. The van der Waals surface area contributed by atoms with Crippen LogP contribution in [0.1, 0.15) is 30.0 Å². The molecule has 0 saturated carbocycles. The van der Waals surface area contributed by atoms with Crippen LogP contribution in [0.3, 0.4) is 0 Å². The number of ketones is 1. The number of halogens is 1. The lowest BCUT2D eigenvalue weighted by Gasteiger charge is -2.09. The number of carbonyl (C=O) groups excluding carboxylic acids is 1. The second kappa shape index (κ2) is 6.17. The summed E-state index contributed by atoms with van der Waals surface area (Å²) in [5.74, 6) is 1.06. The van der Waals surface area contributed by atoms with Gasteiger partial charge in [-0.2, -0.15) is 5.10 Å². The summed E-state index contributed by atoms with van der Waals surface area (Å²) in [4.78, 5) is 16.5. The van der Waals surface area contributed by atoms with E-state index in [1.165, 1.54) is 6.33 Å². The van der Waals surface area contributed by atoms with Crippen LogP contribution < -0.4 is 5.73 Å². The molecule has 0 aliphatic heterocycles. The number of nitrogens with zero attached hydrogens (tertiary/aromatic N) is 3. The number of benzene rings is 1. The maximum Gasteiger partial charge on any atom is 0.172 e. The van der Waals surface area contributed by atoms with Gasteiger partial charge in [0.05, 0.1) is 6.42 Å². The Labute approximate surface area is 126 Å². The van der Waals surface area contributed by atoms with E-state index in [9.17, 15) is 4.79 Å². The summed E-state index contributed by atoms with van der Waals surface area (Å²) in [5.41, 5.74) is 6.85. The first-order chi connectivity index (χ1) is 9.47. The molecule has 0 unspecified atom stereocenters. The van der Waals surface area contributed by atoms with Gasteiger partial charge in [0.15, 0.2) is 5.78 Å². The van der Waals surface area contributed by atoms with Crippen LogP contribution in [0.15, 0.2) is 29.0 Å². The van der Waals surface area contributed by atoms with Crippen LogP contribution in [-0.4, -0.2) is 20.5 Å². The topological polar surface area (TPSA) is 73.8 Å². The first-order valence-corrected chi connectivity index (χ1v) is 7.21. The van der Waals surface area contributed by atoms with Gasteiger partial charge in [-0.15, -0.1) is 0 Å². The molecule has 106 valence electrons. The van der Waals surface area contributed by atoms with Crippen molar-refractivity contribution in [3.8, 4) is 0 Å². The smallest absolute Gasteiger partial charge is 0.172 e. The maximum absolute atomic E-state index is 12.3. The molecular formula is C14H17BrN4O. The molecule has 0 aliphatic rings. The SMILES string of the molecule is CC(C)Cn1ncnc1CC(=O)c1cc(Br)ccc1N. The summed E-state index contributed by atoms with van der Waals surface area (Å²) in [7, 11) is 0. The highest BCUT2D eigenvalue weighted by atomic mass is 79.9. The maximum atomic E-state index is 12.3. The predicted molar refractivity (Wildman–Crippen MR) is 81.4 cm³/mol. The molecule has 0 amide bonds. The van der Waals surface area contributed by atoms with Crippen molar-refractivity contribution in [1.82, 2.24) is 14.8 Å². The van der Waals surface area contributed by atoms with E-state index < -0.39 is 0 Å². The normalized spacial score (nSPS) is 11.0.